The molecule has 3 atom stereocenters. The predicted octanol–water partition coefficient (Wildman–Crippen LogP) is 3.82. The van der Waals surface area contributed by atoms with Crippen molar-refractivity contribution in [2.24, 2.45) is 17.8 Å². The molecule has 1 fully saturated rings. The van der Waals surface area contributed by atoms with E-state index in [1.165, 1.54) is 6.42 Å². The van der Waals surface area contributed by atoms with E-state index in [1.807, 2.05) is 0 Å². The Morgan fingerprint density at radius 3 is 2.57 bits per heavy atom. The number of hydrogen-bond donors (Lipinski definition) is 0. The predicted molar refractivity (Wildman–Crippen MR) is 57.5 cm³/mol. The first-order valence-electron chi connectivity index (χ1n) is 5.36. The van der Waals surface area contributed by atoms with Crippen LogP contribution >= 0.6 is 11.6 Å². The fourth-order valence-corrected chi connectivity index (χ4v) is 2.48. The van der Waals surface area contributed by atoms with Crippen LogP contribution in [0.3, 0.4) is 0 Å². The number of rotatable bonds is 2. The maximum Gasteiger partial charge on any atom is 0.404 e. The lowest BCUT2D eigenvalue weighted by molar-refractivity contribution is 0.0179. The van der Waals surface area contributed by atoms with E-state index in [2.05, 4.69) is 20.8 Å². The Balaban J connectivity index is 2.58. The van der Waals surface area contributed by atoms with Crippen molar-refractivity contribution in [1.82, 2.24) is 0 Å². The van der Waals surface area contributed by atoms with Gasteiger partial charge in [0.05, 0.1) is 0 Å². The van der Waals surface area contributed by atoms with Gasteiger partial charge in [0.1, 0.15) is 6.10 Å². The van der Waals surface area contributed by atoms with E-state index in [9.17, 15) is 4.79 Å². The Morgan fingerprint density at radius 2 is 2.07 bits per heavy atom. The van der Waals surface area contributed by atoms with Gasteiger partial charge in [-0.3, -0.25) is 0 Å². The van der Waals surface area contributed by atoms with Crippen LogP contribution in [0, 0.1) is 17.8 Å². The molecular weight excluding hydrogens is 200 g/mol. The largest absolute Gasteiger partial charge is 0.450 e. The second-order valence-electron chi connectivity index (χ2n) is 4.72. The van der Waals surface area contributed by atoms with Gasteiger partial charge in [-0.1, -0.05) is 27.2 Å². The normalized spacial score (nSPS) is 33.1. The van der Waals surface area contributed by atoms with Gasteiger partial charge in [0.15, 0.2) is 0 Å². The van der Waals surface area contributed by atoms with Gasteiger partial charge < -0.3 is 4.74 Å². The summed E-state index contributed by atoms with van der Waals surface area (Å²) in [5.41, 5.74) is -0.658. The Labute approximate surface area is 91.0 Å². The zero-order valence-electron chi connectivity index (χ0n) is 9.13. The van der Waals surface area contributed by atoms with E-state index in [0.29, 0.717) is 17.8 Å². The number of carbonyl (C=O) groups is 1. The number of carbonyl (C=O) groups excluding carboxylic acids is 1. The SMILES string of the molecule is CC1CCC(C(C)C)[C@@H](OC(=O)Cl)C1. The molecular formula is C11H19ClO2. The highest BCUT2D eigenvalue weighted by Crippen LogP contribution is 2.35. The fourth-order valence-electron chi connectivity index (χ4n) is 2.37. The summed E-state index contributed by atoms with van der Waals surface area (Å²) in [4.78, 5) is 10.7. The summed E-state index contributed by atoms with van der Waals surface area (Å²) in [7, 11) is 0. The van der Waals surface area contributed by atoms with Crippen molar-refractivity contribution < 1.29 is 9.53 Å². The summed E-state index contributed by atoms with van der Waals surface area (Å²) in [6, 6.07) is 0. The van der Waals surface area contributed by atoms with Crippen LogP contribution in [0.4, 0.5) is 4.79 Å². The van der Waals surface area contributed by atoms with Crippen molar-refractivity contribution in [1.29, 1.82) is 0 Å². The molecule has 0 N–H and O–H groups in total. The van der Waals surface area contributed by atoms with Crippen LogP contribution in [0.2, 0.25) is 0 Å². The van der Waals surface area contributed by atoms with Crippen LogP contribution in [0.5, 0.6) is 0 Å². The van der Waals surface area contributed by atoms with E-state index >= 15 is 0 Å². The average Bonchev–Trinajstić information content (AvgIpc) is 2.01. The van der Waals surface area contributed by atoms with Crippen molar-refractivity contribution in [2.75, 3.05) is 0 Å². The smallest absolute Gasteiger partial charge is 0.404 e. The maximum absolute atomic E-state index is 10.7. The molecule has 2 nitrogen and oxygen atoms in total. The second kappa shape index (κ2) is 5.01. The third kappa shape index (κ3) is 3.16. The second-order valence-corrected chi connectivity index (χ2v) is 5.03. The molecule has 0 aromatic carbocycles. The maximum atomic E-state index is 10.7. The topological polar surface area (TPSA) is 26.3 Å². The molecule has 3 heteroatoms. The monoisotopic (exact) mass is 218 g/mol. The van der Waals surface area contributed by atoms with Crippen molar-refractivity contribution in [3.8, 4) is 0 Å². The van der Waals surface area contributed by atoms with E-state index in [0.717, 1.165) is 12.8 Å². The van der Waals surface area contributed by atoms with Crippen LogP contribution in [-0.2, 0) is 4.74 Å². The van der Waals surface area contributed by atoms with Gasteiger partial charge in [0, 0.05) is 11.6 Å². The molecule has 1 aliphatic rings. The standard InChI is InChI=1S/C11H19ClO2/c1-7(2)9-5-4-8(3)6-10(9)14-11(12)13/h7-10H,4-6H2,1-3H3/t8?,9?,10-/m0/s1. The van der Waals surface area contributed by atoms with Crippen molar-refractivity contribution in [3.63, 3.8) is 0 Å². The molecule has 0 aromatic heterocycles. The molecule has 1 rings (SSSR count). The highest BCUT2D eigenvalue weighted by Gasteiger charge is 2.32. The van der Waals surface area contributed by atoms with Gasteiger partial charge in [-0.05, 0) is 30.6 Å². The Bertz CT molecular complexity index is 203. The van der Waals surface area contributed by atoms with Crippen molar-refractivity contribution in [2.45, 2.75) is 46.1 Å². The lowest BCUT2D eigenvalue weighted by atomic mass is 9.75. The van der Waals surface area contributed by atoms with E-state index in [4.69, 9.17) is 16.3 Å². The zero-order chi connectivity index (χ0) is 10.7. The zero-order valence-corrected chi connectivity index (χ0v) is 9.88. The number of halogens is 1. The van der Waals surface area contributed by atoms with Gasteiger partial charge in [0.2, 0.25) is 0 Å². The van der Waals surface area contributed by atoms with Crippen molar-refractivity contribution in [3.05, 3.63) is 0 Å². The lowest BCUT2D eigenvalue weighted by Crippen LogP contribution is -2.34. The summed E-state index contributed by atoms with van der Waals surface area (Å²) in [6.45, 7) is 6.55. The molecule has 82 valence electrons. The summed E-state index contributed by atoms with van der Waals surface area (Å²) >= 11 is 5.27. The first kappa shape index (κ1) is 11.8. The van der Waals surface area contributed by atoms with Gasteiger partial charge in [-0.25, -0.2) is 4.79 Å². The van der Waals surface area contributed by atoms with Gasteiger partial charge in [-0.2, -0.15) is 0 Å². The first-order chi connectivity index (χ1) is 6.50. The third-order valence-corrected chi connectivity index (χ3v) is 3.29. The minimum absolute atomic E-state index is 0.0312. The van der Waals surface area contributed by atoms with Gasteiger partial charge in [-0.15, -0.1) is 0 Å². The Morgan fingerprint density at radius 1 is 1.43 bits per heavy atom. The Hall–Kier alpha value is -0.240. The molecule has 2 unspecified atom stereocenters. The van der Waals surface area contributed by atoms with Crippen LogP contribution in [-0.4, -0.2) is 11.5 Å². The summed E-state index contributed by atoms with van der Waals surface area (Å²) in [6.07, 6.45) is 3.37. The average molecular weight is 219 g/mol. The fraction of sp³-hybridized carbons (Fsp3) is 0.909. The third-order valence-electron chi connectivity index (χ3n) is 3.21. The lowest BCUT2D eigenvalue weighted by Gasteiger charge is -2.36. The minimum Gasteiger partial charge on any atom is -0.450 e. The molecule has 0 radical (unpaired) electrons. The van der Waals surface area contributed by atoms with Crippen LogP contribution in [0.1, 0.15) is 40.0 Å². The van der Waals surface area contributed by atoms with E-state index < -0.39 is 5.43 Å². The summed E-state index contributed by atoms with van der Waals surface area (Å²) in [5, 5.41) is 0. The molecule has 0 aromatic rings. The van der Waals surface area contributed by atoms with Crippen LogP contribution in [0.25, 0.3) is 0 Å². The van der Waals surface area contributed by atoms with E-state index in [1.54, 1.807) is 0 Å². The molecule has 0 bridgehead atoms. The van der Waals surface area contributed by atoms with Crippen molar-refractivity contribution >= 4 is 17.0 Å². The minimum atomic E-state index is -0.658. The number of hydrogen-bond acceptors (Lipinski definition) is 2. The van der Waals surface area contributed by atoms with Crippen LogP contribution < -0.4 is 0 Å². The quantitative estimate of drug-likeness (QED) is 0.659. The first-order valence-corrected chi connectivity index (χ1v) is 5.74. The molecule has 0 heterocycles. The van der Waals surface area contributed by atoms with E-state index in [-0.39, 0.29) is 6.10 Å². The number of ether oxygens (including phenoxy) is 1. The molecule has 1 saturated carbocycles. The highest BCUT2D eigenvalue weighted by atomic mass is 35.5. The Kier molecular flexibility index (Phi) is 4.24. The molecule has 0 saturated heterocycles. The van der Waals surface area contributed by atoms with Crippen LogP contribution in [0.15, 0.2) is 0 Å². The molecule has 14 heavy (non-hydrogen) atoms. The summed E-state index contributed by atoms with van der Waals surface area (Å²) < 4.78 is 5.16. The molecule has 0 spiro atoms. The molecule has 0 amide bonds. The summed E-state index contributed by atoms with van der Waals surface area (Å²) in [5.74, 6) is 1.68. The molecule has 0 aliphatic heterocycles. The molecule has 1 aliphatic carbocycles. The highest BCUT2D eigenvalue weighted by molar-refractivity contribution is 6.61. The van der Waals surface area contributed by atoms with Gasteiger partial charge >= 0.3 is 5.43 Å². The van der Waals surface area contributed by atoms with Gasteiger partial charge in [0.25, 0.3) is 0 Å².